The van der Waals surface area contributed by atoms with Crippen LogP contribution < -0.4 is 15.2 Å². The van der Waals surface area contributed by atoms with Gasteiger partial charge in [-0.25, -0.2) is 0 Å². The van der Waals surface area contributed by atoms with E-state index in [9.17, 15) is 0 Å². The molecular formula is C15H25NO2. The third-order valence-corrected chi connectivity index (χ3v) is 3.10. The number of nitrogens with two attached hydrogens (primary N) is 1. The molecule has 0 aliphatic rings. The molecule has 1 unspecified atom stereocenters. The van der Waals surface area contributed by atoms with Crippen molar-refractivity contribution < 1.29 is 9.47 Å². The smallest absolute Gasteiger partial charge is 0.161 e. The van der Waals surface area contributed by atoms with E-state index in [2.05, 4.69) is 26.8 Å². The lowest BCUT2D eigenvalue weighted by Gasteiger charge is -2.27. The SMILES string of the molecule is CCOc1ccc(CC(N)C(C)(C)C)cc1OC. The van der Waals surface area contributed by atoms with Crippen LogP contribution in [-0.4, -0.2) is 19.8 Å². The van der Waals surface area contributed by atoms with E-state index in [1.165, 1.54) is 5.56 Å². The van der Waals surface area contributed by atoms with Crippen LogP contribution in [0.3, 0.4) is 0 Å². The Morgan fingerprint density at radius 3 is 2.39 bits per heavy atom. The highest BCUT2D eigenvalue weighted by Gasteiger charge is 2.21. The Bertz CT molecular complexity index is 383. The predicted octanol–water partition coefficient (Wildman–Crippen LogP) is 3.01. The molecule has 18 heavy (non-hydrogen) atoms. The first-order valence-electron chi connectivity index (χ1n) is 6.43. The first kappa shape index (κ1) is 14.8. The number of hydrogen-bond acceptors (Lipinski definition) is 3. The molecule has 0 bridgehead atoms. The van der Waals surface area contributed by atoms with E-state index in [4.69, 9.17) is 15.2 Å². The third-order valence-electron chi connectivity index (χ3n) is 3.10. The molecule has 102 valence electrons. The summed E-state index contributed by atoms with van der Waals surface area (Å²) in [6.45, 7) is 9.07. The van der Waals surface area contributed by atoms with Crippen molar-refractivity contribution in [2.24, 2.45) is 11.1 Å². The van der Waals surface area contributed by atoms with Crippen molar-refractivity contribution in [2.75, 3.05) is 13.7 Å². The van der Waals surface area contributed by atoms with Gasteiger partial charge >= 0.3 is 0 Å². The zero-order valence-corrected chi connectivity index (χ0v) is 12.1. The van der Waals surface area contributed by atoms with Crippen molar-refractivity contribution in [3.63, 3.8) is 0 Å². The first-order chi connectivity index (χ1) is 8.38. The molecule has 2 N–H and O–H groups in total. The van der Waals surface area contributed by atoms with Gasteiger partial charge < -0.3 is 15.2 Å². The van der Waals surface area contributed by atoms with Gasteiger partial charge in [0.2, 0.25) is 0 Å². The molecule has 0 amide bonds. The van der Waals surface area contributed by atoms with Gasteiger partial charge in [-0.3, -0.25) is 0 Å². The van der Waals surface area contributed by atoms with Crippen molar-refractivity contribution in [3.8, 4) is 11.5 Å². The van der Waals surface area contributed by atoms with Crippen LogP contribution in [0.15, 0.2) is 18.2 Å². The first-order valence-corrected chi connectivity index (χ1v) is 6.43. The molecular weight excluding hydrogens is 226 g/mol. The second kappa shape index (κ2) is 6.10. The third kappa shape index (κ3) is 3.91. The molecule has 0 saturated heterocycles. The van der Waals surface area contributed by atoms with E-state index in [-0.39, 0.29) is 11.5 Å². The number of ether oxygens (including phenoxy) is 2. The molecule has 0 aliphatic heterocycles. The lowest BCUT2D eigenvalue weighted by atomic mass is 9.84. The van der Waals surface area contributed by atoms with Gasteiger partial charge in [-0.2, -0.15) is 0 Å². The van der Waals surface area contributed by atoms with Gasteiger partial charge in [0.25, 0.3) is 0 Å². The summed E-state index contributed by atoms with van der Waals surface area (Å²) in [5, 5.41) is 0. The standard InChI is InChI=1S/C15H25NO2/c1-6-18-12-8-7-11(9-13(12)17-5)10-14(16)15(2,3)4/h7-9,14H,6,10,16H2,1-5H3. The molecule has 0 saturated carbocycles. The van der Waals surface area contributed by atoms with Crippen LogP contribution in [-0.2, 0) is 6.42 Å². The second-order valence-corrected chi connectivity index (χ2v) is 5.59. The summed E-state index contributed by atoms with van der Waals surface area (Å²) in [6.07, 6.45) is 0.840. The zero-order valence-electron chi connectivity index (χ0n) is 12.1. The van der Waals surface area contributed by atoms with Gasteiger partial charge in [-0.1, -0.05) is 26.8 Å². The summed E-state index contributed by atoms with van der Waals surface area (Å²) in [5.74, 6) is 1.56. The van der Waals surface area contributed by atoms with Crippen LogP contribution >= 0.6 is 0 Å². The summed E-state index contributed by atoms with van der Waals surface area (Å²) in [6, 6.07) is 6.14. The molecule has 3 heteroatoms. The normalized spacial score (nSPS) is 13.2. The fraction of sp³-hybridized carbons (Fsp3) is 0.600. The van der Waals surface area contributed by atoms with Crippen molar-refractivity contribution >= 4 is 0 Å². The summed E-state index contributed by atoms with van der Waals surface area (Å²) < 4.78 is 10.8. The van der Waals surface area contributed by atoms with Crippen molar-refractivity contribution in [2.45, 2.75) is 40.2 Å². The number of benzene rings is 1. The summed E-state index contributed by atoms with van der Waals surface area (Å²) in [4.78, 5) is 0. The Kier molecular flexibility index (Phi) is 5.03. The monoisotopic (exact) mass is 251 g/mol. The average Bonchev–Trinajstić information content (AvgIpc) is 2.30. The minimum atomic E-state index is 0.103. The van der Waals surface area contributed by atoms with Crippen molar-refractivity contribution in [1.29, 1.82) is 0 Å². The number of hydrogen-bond donors (Lipinski definition) is 1. The summed E-state index contributed by atoms with van der Waals surface area (Å²) >= 11 is 0. The van der Waals surface area contributed by atoms with Gasteiger partial charge in [-0.15, -0.1) is 0 Å². The van der Waals surface area contributed by atoms with E-state index in [0.29, 0.717) is 6.61 Å². The second-order valence-electron chi connectivity index (χ2n) is 5.59. The topological polar surface area (TPSA) is 44.5 Å². The molecule has 3 nitrogen and oxygen atoms in total. The predicted molar refractivity (Wildman–Crippen MR) is 75.3 cm³/mol. The minimum absolute atomic E-state index is 0.103. The summed E-state index contributed by atoms with van der Waals surface area (Å²) in [5.41, 5.74) is 7.48. The molecule has 0 fully saturated rings. The van der Waals surface area contributed by atoms with E-state index in [1.807, 2.05) is 19.1 Å². The van der Waals surface area contributed by atoms with Crippen molar-refractivity contribution in [3.05, 3.63) is 23.8 Å². The van der Waals surface area contributed by atoms with Crippen LogP contribution in [0.2, 0.25) is 0 Å². The molecule has 0 heterocycles. The van der Waals surface area contributed by atoms with Gasteiger partial charge in [-0.05, 0) is 36.5 Å². The highest BCUT2D eigenvalue weighted by Crippen LogP contribution is 2.29. The maximum absolute atomic E-state index is 6.20. The Balaban J connectivity index is 2.85. The Morgan fingerprint density at radius 2 is 1.89 bits per heavy atom. The van der Waals surface area contributed by atoms with E-state index >= 15 is 0 Å². The van der Waals surface area contributed by atoms with Crippen LogP contribution in [0.25, 0.3) is 0 Å². The fourth-order valence-electron chi connectivity index (χ4n) is 1.67. The lowest BCUT2D eigenvalue weighted by Crippen LogP contribution is -2.36. The van der Waals surface area contributed by atoms with Crippen LogP contribution in [0.1, 0.15) is 33.3 Å². The quantitative estimate of drug-likeness (QED) is 0.875. The van der Waals surface area contributed by atoms with Crippen LogP contribution in [0.4, 0.5) is 0 Å². The zero-order chi connectivity index (χ0) is 13.8. The number of rotatable bonds is 5. The molecule has 1 atom stereocenters. The Hall–Kier alpha value is -1.22. The molecule has 1 aromatic rings. The molecule has 0 spiro atoms. The average molecular weight is 251 g/mol. The highest BCUT2D eigenvalue weighted by atomic mass is 16.5. The maximum atomic E-state index is 6.20. The molecule has 1 rings (SSSR count). The Labute approximate surface area is 110 Å². The van der Waals surface area contributed by atoms with E-state index in [1.54, 1.807) is 7.11 Å². The van der Waals surface area contributed by atoms with Gasteiger partial charge in [0, 0.05) is 6.04 Å². The van der Waals surface area contributed by atoms with Crippen molar-refractivity contribution in [1.82, 2.24) is 0 Å². The van der Waals surface area contributed by atoms with Crippen LogP contribution in [0, 0.1) is 5.41 Å². The van der Waals surface area contributed by atoms with Gasteiger partial charge in [0.15, 0.2) is 11.5 Å². The van der Waals surface area contributed by atoms with Gasteiger partial charge in [0.1, 0.15) is 0 Å². The van der Waals surface area contributed by atoms with E-state index < -0.39 is 0 Å². The molecule has 0 radical (unpaired) electrons. The molecule has 0 aliphatic carbocycles. The maximum Gasteiger partial charge on any atom is 0.161 e. The molecule has 1 aromatic carbocycles. The summed E-state index contributed by atoms with van der Waals surface area (Å²) in [7, 11) is 1.66. The number of methoxy groups -OCH3 is 1. The largest absolute Gasteiger partial charge is 0.493 e. The highest BCUT2D eigenvalue weighted by molar-refractivity contribution is 5.43. The van der Waals surface area contributed by atoms with Gasteiger partial charge in [0.05, 0.1) is 13.7 Å². The lowest BCUT2D eigenvalue weighted by molar-refractivity contribution is 0.308. The fourth-order valence-corrected chi connectivity index (χ4v) is 1.67. The molecule has 0 aromatic heterocycles. The minimum Gasteiger partial charge on any atom is -0.493 e. The Morgan fingerprint density at radius 1 is 1.22 bits per heavy atom. The van der Waals surface area contributed by atoms with Crippen LogP contribution in [0.5, 0.6) is 11.5 Å². The van der Waals surface area contributed by atoms with E-state index in [0.717, 1.165) is 17.9 Å².